The normalized spacial score (nSPS) is 21.0. The van der Waals surface area contributed by atoms with Crippen LogP contribution >= 0.6 is 22.9 Å². The van der Waals surface area contributed by atoms with Gasteiger partial charge >= 0.3 is 23.7 Å². The number of benzene rings is 3. The number of rotatable bonds is 13. The molecule has 5 aromatic rings. The molecule has 3 aromatic carbocycles. The van der Waals surface area contributed by atoms with E-state index in [0.29, 0.717) is 56.8 Å². The highest BCUT2D eigenvalue weighted by molar-refractivity contribution is 7.88. The molecular weight excluding hydrogens is 945 g/mol. The van der Waals surface area contributed by atoms with E-state index >= 15 is 4.39 Å². The maximum atomic E-state index is 15.6. The summed E-state index contributed by atoms with van der Waals surface area (Å²) in [6.07, 6.45) is -0.0411. The maximum Gasteiger partial charge on any atom is 0.349 e. The number of ether oxygens (including phenoxy) is 1. The monoisotopic (exact) mass is 993 g/mol. The lowest BCUT2D eigenvalue weighted by Gasteiger charge is -2.45. The van der Waals surface area contributed by atoms with Crippen LogP contribution in [0.2, 0.25) is 5.02 Å². The second-order valence-electron chi connectivity index (χ2n) is 17.9. The molecule has 18 nitrogen and oxygen atoms in total. The summed E-state index contributed by atoms with van der Waals surface area (Å²) < 4.78 is 53.2. The van der Waals surface area contributed by atoms with Crippen molar-refractivity contribution in [3.8, 4) is 16.2 Å². The fourth-order valence-electron chi connectivity index (χ4n) is 9.49. The van der Waals surface area contributed by atoms with E-state index in [0.717, 1.165) is 11.3 Å². The summed E-state index contributed by atoms with van der Waals surface area (Å²) in [4.78, 5) is 76.1. The highest BCUT2D eigenvalue weighted by atomic mass is 35.5. The molecule has 0 aliphatic carbocycles. The lowest BCUT2D eigenvalue weighted by Crippen LogP contribution is -2.55. The van der Waals surface area contributed by atoms with Gasteiger partial charge in [0.1, 0.15) is 17.2 Å². The third-order valence-corrected chi connectivity index (χ3v) is 16.4. The molecule has 3 fully saturated rings. The van der Waals surface area contributed by atoms with Crippen LogP contribution in [0.1, 0.15) is 78.7 Å². The number of anilines is 2. The second-order valence-corrected chi connectivity index (χ2v) is 21.2. The minimum atomic E-state index is -3.87. The first-order chi connectivity index (χ1) is 32.2. The minimum Gasteiger partial charge on any atom is -0.479 e. The van der Waals surface area contributed by atoms with Gasteiger partial charge in [0.25, 0.3) is 0 Å². The average Bonchev–Trinajstić information content (AvgIpc) is 3.73. The van der Waals surface area contributed by atoms with Crippen LogP contribution in [-0.2, 0) is 37.2 Å². The van der Waals surface area contributed by atoms with E-state index in [9.17, 15) is 42.3 Å². The molecule has 0 radical (unpaired) electrons. The molecule has 0 saturated carbocycles. The van der Waals surface area contributed by atoms with E-state index in [1.807, 2.05) is 19.9 Å². The van der Waals surface area contributed by atoms with Crippen molar-refractivity contribution in [3.05, 3.63) is 98.2 Å². The Kier molecular flexibility index (Phi) is 13.5. The van der Waals surface area contributed by atoms with Gasteiger partial charge in [0, 0.05) is 62.0 Å². The number of hydrogen-bond acceptors (Lipinski definition) is 11. The van der Waals surface area contributed by atoms with Crippen LogP contribution in [0, 0.1) is 0 Å². The number of urea groups is 1. The Balaban J connectivity index is 0.897. The van der Waals surface area contributed by atoms with Crippen molar-refractivity contribution in [2.75, 3.05) is 36.9 Å². The molecule has 3 saturated heterocycles. The standard InChI is InChI=1S/C46H49ClFN7O11S2/c1-46(2)21-30(49-29-9-5-7-27(19-29)40-38(47)39(66-23-37(57)58)41(67-40)43(60)61)14-17-54(46)68(64,65)24-25-6-4-8-28(18-25)50-44(62)53-16-15-32(48)31(22-53)26-10-11-33-35(20-26)52(3)45(63)55(33)34-12-13-36(56)51-42(34)59/h4-11,18-20,30-32,34,49H,12-17,21-24H2,1-3H3,(H,50,62)(H,57,58)(H,60,61)(H,51,56,59)/t30-,31-,32+,34?/m0/s1. The number of aromatic carboxylic acids is 1. The molecule has 360 valence electrons. The molecule has 3 aliphatic heterocycles. The largest absolute Gasteiger partial charge is 0.479 e. The first kappa shape index (κ1) is 48.2. The van der Waals surface area contributed by atoms with Crippen molar-refractivity contribution >= 4 is 85.2 Å². The number of aryl methyl sites for hydroxylation is 1. The maximum absolute atomic E-state index is 15.6. The number of sulfonamides is 1. The molecule has 22 heteroatoms. The molecule has 1 unspecified atom stereocenters. The summed E-state index contributed by atoms with van der Waals surface area (Å²) in [5.41, 5.74) is 2.34. The zero-order chi connectivity index (χ0) is 48.8. The highest BCUT2D eigenvalue weighted by Crippen LogP contribution is 2.46. The van der Waals surface area contributed by atoms with Crippen molar-refractivity contribution in [3.63, 3.8) is 0 Å². The molecule has 4 amide bonds. The lowest BCUT2D eigenvalue weighted by atomic mass is 9.88. The van der Waals surface area contributed by atoms with Gasteiger partial charge in [-0.25, -0.2) is 32.0 Å². The summed E-state index contributed by atoms with van der Waals surface area (Å²) in [6.45, 7) is 3.33. The van der Waals surface area contributed by atoms with Crippen LogP contribution in [0.25, 0.3) is 21.5 Å². The number of imidazole rings is 1. The number of halogens is 2. The number of likely N-dealkylation sites (tertiary alicyclic amines) is 1. The van der Waals surface area contributed by atoms with Crippen LogP contribution in [0.5, 0.6) is 5.75 Å². The lowest BCUT2D eigenvalue weighted by molar-refractivity contribution is -0.139. The van der Waals surface area contributed by atoms with E-state index in [1.165, 1.54) is 18.3 Å². The zero-order valence-corrected chi connectivity index (χ0v) is 39.6. The summed E-state index contributed by atoms with van der Waals surface area (Å²) in [5, 5.41) is 27.4. The number of carbonyl (C=O) groups is 5. The van der Waals surface area contributed by atoms with Gasteiger partial charge in [-0.1, -0.05) is 41.9 Å². The summed E-state index contributed by atoms with van der Waals surface area (Å²) in [5.74, 6) is -4.83. The quantitative estimate of drug-likeness (QED) is 0.0806. The van der Waals surface area contributed by atoms with E-state index in [1.54, 1.807) is 67.7 Å². The number of alkyl halides is 1. The van der Waals surface area contributed by atoms with Crippen LogP contribution in [-0.4, -0.2) is 111 Å². The molecule has 0 bridgehead atoms. The molecule has 2 aromatic heterocycles. The minimum absolute atomic E-state index is 0.0178. The Morgan fingerprint density at radius 2 is 1.72 bits per heavy atom. The smallest absolute Gasteiger partial charge is 0.349 e. The number of hydrogen-bond donors (Lipinski definition) is 5. The molecule has 4 atom stereocenters. The van der Waals surface area contributed by atoms with Crippen molar-refractivity contribution in [2.24, 2.45) is 7.05 Å². The fraction of sp³-hybridized carbons (Fsp3) is 0.391. The number of thiophene rings is 1. The number of nitrogens with one attached hydrogen (secondary N) is 3. The van der Waals surface area contributed by atoms with Crippen LogP contribution in [0.15, 0.2) is 71.5 Å². The number of piperidine rings is 3. The van der Waals surface area contributed by atoms with E-state index in [4.69, 9.17) is 21.4 Å². The fourth-order valence-corrected chi connectivity index (χ4v) is 12.9. The van der Waals surface area contributed by atoms with Crippen LogP contribution in [0.4, 0.5) is 20.6 Å². The average molecular weight is 995 g/mol. The summed E-state index contributed by atoms with van der Waals surface area (Å²) in [6, 6.07) is 17.2. The summed E-state index contributed by atoms with van der Waals surface area (Å²) in [7, 11) is -2.31. The predicted molar refractivity (Wildman–Crippen MR) is 253 cm³/mol. The Bertz CT molecular complexity index is 3030. The van der Waals surface area contributed by atoms with E-state index < -0.39 is 75.8 Å². The van der Waals surface area contributed by atoms with Gasteiger partial charge in [-0.3, -0.25) is 24.0 Å². The SMILES string of the molecule is Cn1c(=O)n(C2CCC(=O)NC2=O)c2ccc([C@@H]3CN(C(=O)Nc4cccc(CS(=O)(=O)N5CC[C@H](Nc6cccc(-c7sc(C(=O)O)c(OCC(=O)O)c7Cl)c6)CC5(C)C)c4)CC[C@H]3F)cc21. The number of nitrogens with zero attached hydrogens (tertiary/aromatic N) is 4. The third-order valence-electron chi connectivity index (χ3n) is 12.7. The third kappa shape index (κ3) is 9.83. The molecule has 0 spiro atoms. The molecule has 8 rings (SSSR count). The number of carbonyl (C=O) groups excluding carboxylic acids is 3. The molecular formula is C46H49ClFN7O11S2. The zero-order valence-electron chi connectivity index (χ0n) is 37.2. The van der Waals surface area contributed by atoms with Gasteiger partial charge in [0.05, 0.1) is 21.7 Å². The number of amides is 4. The molecule has 5 heterocycles. The number of fused-ring (bicyclic) bond motifs is 1. The highest BCUT2D eigenvalue weighted by Gasteiger charge is 2.42. The van der Waals surface area contributed by atoms with E-state index in [2.05, 4.69) is 16.0 Å². The molecule has 5 N–H and O–H groups in total. The van der Waals surface area contributed by atoms with Gasteiger partial charge < -0.3 is 30.5 Å². The Hall–Kier alpha value is -6.29. The van der Waals surface area contributed by atoms with Crippen LogP contribution in [0.3, 0.4) is 0 Å². The van der Waals surface area contributed by atoms with Gasteiger partial charge in [-0.2, -0.15) is 4.31 Å². The van der Waals surface area contributed by atoms with Crippen molar-refractivity contribution < 1.29 is 51.7 Å². The van der Waals surface area contributed by atoms with Crippen LogP contribution < -0.4 is 26.4 Å². The molecule has 68 heavy (non-hydrogen) atoms. The van der Waals surface area contributed by atoms with Gasteiger partial charge in [0.15, 0.2) is 17.2 Å². The predicted octanol–water partition coefficient (Wildman–Crippen LogP) is 6.41. The van der Waals surface area contributed by atoms with Crippen molar-refractivity contribution in [2.45, 2.75) is 81.4 Å². The number of carboxylic acid groups (broad SMARTS) is 2. The Morgan fingerprint density at radius 3 is 2.44 bits per heavy atom. The first-order valence-corrected chi connectivity index (χ1v) is 24.6. The molecule has 3 aliphatic rings. The number of carboxylic acids is 2. The van der Waals surface area contributed by atoms with Gasteiger partial charge in [-0.15, -0.1) is 11.3 Å². The first-order valence-electron chi connectivity index (χ1n) is 21.8. The Morgan fingerprint density at radius 1 is 0.971 bits per heavy atom. The summed E-state index contributed by atoms with van der Waals surface area (Å²) >= 11 is 7.38. The number of aromatic nitrogens is 2. The van der Waals surface area contributed by atoms with Crippen molar-refractivity contribution in [1.82, 2.24) is 23.7 Å². The van der Waals surface area contributed by atoms with E-state index in [-0.39, 0.29) is 66.3 Å². The second kappa shape index (κ2) is 19.0. The topological polar surface area (TPSA) is 239 Å². The van der Waals surface area contributed by atoms with Gasteiger partial charge in [0.2, 0.25) is 21.8 Å². The van der Waals surface area contributed by atoms with Gasteiger partial charge in [-0.05, 0) is 92.6 Å². The van der Waals surface area contributed by atoms with Crippen molar-refractivity contribution in [1.29, 1.82) is 0 Å². The number of aliphatic carboxylic acids is 1. The number of imide groups is 1. The Labute approximate surface area is 398 Å².